The third-order valence-corrected chi connectivity index (χ3v) is 0.883. The lowest BCUT2D eigenvalue weighted by atomic mass is 10.3. The fraction of sp³-hybridized carbons (Fsp3) is 0.500. The molecule has 0 saturated carbocycles. The first-order valence-corrected chi connectivity index (χ1v) is 2.77. The summed E-state index contributed by atoms with van der Waals surface area (Å²) >= 11 is 5.01. The summed E-state index contributed by atoms with van der Waals surface area (Å²) in [7, 11) is 0. The van der Waals surface area contributed by atoms with E-state index in [9.17, 15) is 4.79 Å². The van der Waals surface area contributed by atoms with E-state index in [0.717, 1.165) is 0 Å². The van der Waals surface area contributed by atoms with Crippen molar-refractivity contribution in [2.45, 2.75) is 19.3 Å². The van der Waals surface area contributed by atoms with Crippen LogP contribution >= 0.6 is 11.6 Å². The molecule has 0 aromatic carbocycles. The van der Waals surface area contributed by atoms with Crippen LogP contribution in [0.4, 0.5) is 0 Å². The van der Waals surface area contributed by atoms with E-state index >= 15 is 0 Å². The minimum absolute atomic E-state index is 0.305. The lowest BCUT2D eigenvalue weighted by molar-refractivity contribution is -0.111. The Kier molecular flexibility index (Phi) is 4.39. The van der Waals surface area contributed by atoms with Crippen LogP contribution in [0.3, 0.4) is 0 Å². The molecular weight excluding hydrogens is 124 g/mol. The maximum atomic E-state index is 10.0. The molecule has 0 heterocycles. The predicted octanol–water partition coefficient (Wildman–Crippen LogP) is 1.56. The highest BCUT2D eigenvalue weighted by molar-refractivity contribution is 6.63. The van der Waals surface area contributed by atoms with Gasteiger partial charge >= 0.3 is 0 Å². The van der Waals surface area contributed by atoms with Gasteiger partial charge in [0.25, 0.3) is 0 Å². The third-order valence-electron chi connectivity index (χ3n) is 0.694. The minimum Gasteiger partial charge on any atom is -0.281 e. The molecule has 0 saturated heterocycles. The zero-order valence-electron chi connectivity index (χ0n) is 4.48. The van der Waals surface area contributed by atoms with Gasteiger partial charge in [0.15, 0.2) is 0 Å². The van der Waals surface area contributed by atoms with E-state index in [1.54, 1.807) is 0 Å². The summed E-state index contributed by atoms with van der Waals surface area (Å²) in [5.74, 6) is 2.41. The van der Waals surface area contributed by atoms with Crippen molar-refractivity contribution in [3.8, 4) is 12.3 Å². The number of unbranched alkanes of at least 4 members (excludes halogenated alkanes) is 1. The zero-order chi connectivity index (χ0) is 6.41. The molecule has 8 heavy (non-hydrogen) atoms. The molecule has 0 atom stereocenters. The van der Waals surface area contributed by atoms with Gasteiger partial charge in [-0.2, -0.15) is 0 Å². The van der Waals surface area contributed by atoms with Gasteiger partial charge in [0.05, 0.1) is 0 Å². The fourth-order valence-corrected chi connectivity index (χ4v) is 0.463. The van der Waals surface area contributed by atoms with E-state index in [0.29, 0.717) is 19.3 Å². The molecule has 0 fully saturated rings. The summed E-state index contributed by atoms with van der Waals surface area (Å²) in [6, 6.07) is 0. The van der Waals surface area contributed by atoms with E-state index < -0.39 is 0 Å². The summed E-state index contributed by atoms with van der Waals surface area (Å²) in [6.07, 6.45) is 6.65. The quantitative estimate of drug-likeness (QED) is 0.322. The Morgan fingerprint density at radius 3 is 2.75 bits per heavy atom. The lowest BCUT2D eigenvalue weighted by Gasteiger charge is -1.84. The number of carbonyl (C=O) groups excluding carboxylic acids is 1. The second-order valence-electron chi connectivity index (χ2n) is 1.41. The van der Waals surface area contributed by atoms with Gasteiger partial charge in [-0.25, -0.2) is 0 Å². The standard InChI is InChI=1S/C6H7ClO/c1-2-3-4-5-6(7)8/h1H,3-5H2. The van der Waals surface area contributed by atoms with E-state index in [2.05, 4.69) is 5.92 Å². The monoisotopic (exact) mass is 130 g/mol. The molecule has 0 aromatic rings. The number of terminal acetylenes is 1. The molecular formula is C6H7ClO. The summed E-state index contributed by atoms with van der Waals surface area (Å²) in [5.41, 5.74) is 0. The number of hydrogen-bond acceptors (Lipinski definition) is 1. The summed E-state index contributed by atoms with van der Waals surface area (Å²) in [5, 5.41) is -0.305. The first-order chi connectivity index (χ1) is 3.77. The Labute approximate surface area is 54.0 Å². The summed E-state index contributed by atoms with van der Waals surface area (Å²) in [4.78, 5) is 10.0. The second-order valence-corrected chi connectivity index (χ2v) is 1.83. The predicted molar refractivity (Wildman–Crippen MR) is 33.5 cm³/mol. The van der Waals surface area contributed by atoms with Crippen molar-refractivity contribution in [2.24, 2.45) is 0 Å². The molecule has 0 aromatic heterocycles. The number of rotatable bonds is 3. The number of carbonyl (C=O) groups is 1. The molecule has 0 rings (SSSR count). The van der Waals surface area contributed by atoms with Crippen LogP contribution in [-0.4, -0.2) is 5.24 Å². The van der Waals surface area contributed by atoms with Crippen LogP contribution in [0.1, 0.15) is 19.3 Å². The smallest absolute Gasteiger partial charge is 0.221 e. The zero-order valence-corrected chi connectivity index (χ0v) is 5.24. The van der Waals surface area contributed by atoms with Crippen LogP contribution in [0.5, 0.6) is 0 Å². The van der Waals surface area contributed by atoms with Crippen molar-refractivity contribution in [3.05, 3.63) is 0 Å². The highest BCUT2D eigenvalue weighted by Crippen LogP contribution is 1.96. The van der Waals surface area contributed by atoms with Crippen molar-refractivity contribution in [1.82, 2.24) is 0 Å². The average Bonchev–Trinajstić information content (AvgIpc) is 1.66. The van der Waals surface area contributed by atoms with E-state index in [1.807, 2.05) is 0 Å². The molecule has 0 radical (unpaired) electrons. The maximum Gasteiger partial charge on any atom is 0.221 e. The van der Waals surface area contributed by atoms with Crippen LogP contribution in [0.25, 0.3) is 0 Å². The molecule has 0 amide bonds. The molecule has 2 heteroatoms. The Bertz CT molecular complexity index is 112. The normalized spacial score (nSPS) is 8.00. The van der Waals surface area contributed by atoms with Gasteiger partial charge in [-0.05, 0) is 18.0 Å². The fourth-order valence-electron chi connectivity index (χ4n) is 0.329. The van der Waals surface area contributed by atoms with E-state index in [1.165, 1.54) is 0 Å². The van der Waals surface area contributed by atoms with Gasteiger partial charge in [0, 0.05) is 12.8 Å². The lowest BCUT2D eigenvalue weighted by Crippen LogP contribution is -1.83. The third kappa shape index (κ3) is 5.52. The SMILES string of the molecule is C#CCCCC(=O)Cl. The van der Waals surface area contributed by atoms with Gasteiger partial charge in [0.1, 0.15) is 0 Å². The minimum atomic E-state index is -0.305. The first kappa shape index (κ1) is 7.52. The van der Waals surface area contributed by atoms with E-state index in [4.69, 9.17) is 18.0 Å². The topological polar surface area (TPSA) is 17.1 Å². The Morgan fingerprint density at radius 1 is 1.75 bits per heavy atom. The molecule has 0 unspecified atom stereocenters. The molecule has 0 aliphatic rings. The van der Waals surface area contributed by atoms with Crippen molar-refractivity contribution in [1.29, 1.82) is 0 Å². The molecule has 0 aliphatic carbocycles. The van der Waals surface area contributed by atoms with Gasteiger partial charge < -0.3 is 0 Å². The van der Waals surface area contributed by atoms with Crippen molar-refractivity contribution in [2.75, 3.05) is 0 Å². The van der Waals surface area contributed by atoms with Crippen LogP contribution < -0.4 is 0 Å². The molecule has 0 spiro atoms. The molecule has 44 valence electrons. The first-order valence-electron chi connectivity index (χ1n) is 2.39. The van der Waals surface area contributed by atoms with Crippen LogP contribution in [0.2, 0.25) is 0 Å². The summed E-state index contributed by atoms with van der Waals surface area (Å²) in [6.45, 7) is 0. The highest BCUT2D eigenvalue weighted by atomic mass is 35.5. The summed E-state index contributed by atoms with van der Waals surface area (Å²) < 4.78 is 0. The molecule has 1 nitrogen and oxygen atoms in total. The largest absolute Gasteiger partial charge is 0.281 e. The maximum absolute atomic E-state index is 10.0. The van der Waals surface area contributed by atoms with Gasteiger partial charge in [-0.3, -0.25) is 4.79 Å². The van der Waals surface area contributed by atoms with Crippen molar-refractivity contribution < 1.29 is 4.79 Å². The van der Waals surface area contributed by atoms with Gasteiger partial charge in [-0.1, -0.05) is 0 Å². The van der Waals surface area contributed by atoms with Crippen LogP contribution in [0.15, 0.2) is 0 Å². The van der Waals surface area contributed by atoms with Crippen molar-refractivity contribution >= 4 is 16.8 Å². The van der Waals surface area contributed by atoms with Crippen molar-refractivity contribution in [3.63, 3.8) is 0 Å². The van der Waals surface area contributed by atoms with Crippen LogP contribution in [0, 0.1) is 12.3 Å². The van der Waals surface area contributed by atoms with E-state index in [-0.39, 0.29) is 5.24 Å². The molecule has 0 bridgehead atoms. The second kappa shape index (κ2) is 4.67. The molecule has 0 N–H and O–H groups in total. The highest BCUT2D eigenvalue weighted by Gasteiger charge is 1.91. The number of hydrogen-bond donors (Lipinski definition) is 0. The average molecular weight is 131 g/mol. The Hall–Kier alpha value is -0.480. The van der Waals surface area contributed by atoms with Gasteiger partial charge in [0.2, 0.25) is 5.24 Å². The Morgan fingerprint density at radius 2 is 2.38 bits per heavy atom. The van der Waals surface area contributed by atoms with Crippen LogP contribution in [-0.2, 0) is 4.79 Å². The van der Waals surface area contributed by atoms with Gasteiger partial charge in [-0.15, -0.1) is 12.3 Å². The Balaban J connectivity index is 2.97. The molecule has 0 aliphatic heterocycles. The number of halogens is 1.